The van der Waals surface area contributed by atoms with Crippen LogP contribution in [-0.4, -0.2) is 24.8 Å². The highest BCUT2D eigenvalue weighted by atomic mass is 19.3. The third-order valence-corrected chi connectivity index (χ3v) is 3.54. The van der Waals surface area contributed by atoms with E-state index in [1.807, 2.05) is 32.0 Å². The zero-order chi connectivity index (χ0) is 19.1. The topological polar surface area (TPSA) is 59.9 Å². The summed E-state index contributed by atoms with van der Waals surface area (Å²) in [5, 5.41) is 3.93. The number of hydrazone groups is 1. The minimum Gasteiger partial charge on any atom is -0.483 e. The molecule has 1 N–H and O–H groups in total. The number of carbonyl (C=O) groups excluding carboxylic acids is 1. The largest absolute Gasteiger partial charge is 0.483 e. The molecule has 5 nitrogen and oxygen atoms in total. The zero-order valence-electron chi connectivity index (χ0n) is 14.8. The second-order valence-electron chi connectivity index (χ2n) is 5.66. The van der Waals surface area contributed by atoms with Gasteiger partial charge in [-0.05, 0) is 50.1 Å². The number of para-hydroxylation sites is 1. The van der Waals surface area contributed by atoms with Crippen molar-refractivity contribution in [3.8, 4) is 11.5 Å². The Morgan fingerprint density at radius 3 is 2.62 bits per heavy atom. The number of benzene rings is 2. The van der Waals surface area contributed by atoms with E-state index in [9.17, 15) is 13.6 Å². The lowest BCUT2D eigenvalue weighted by molar-refractivity contribution is -0.123. The Morgan fingerprint density at radius 1 is 1.15 bits per heavy atom. The summed E-state index contributed by atoms with van der Waals surface area (Å²) in [4.78, 5) is 11.9. The van der Waals surface area contributed by atoms with Gasteiger partial charge in [-0.1, -0.05) is 24.3 Å². The van der Waals surface area contributed by atoms with Crippen LogP contribution in [0.4, 0.5) is 8.78 Å². The smallest absolute Gasteiger partial charge is 0.387 e. The van der Waals surface area contributed by atoms with E-state index in [-0.39, 0.29) is 12.4 Å². The Labute approximate surface area is 150 Å². The molecule has 1 amide bonds. The predicted octanol–water partition coefficient (Wildman–Crippen LogP) is 3.82. The Bertz CT molecular complexity index is 807. The number of alkyl halides is 2. The second kappa shape index (κ2) is 8.94. The highest BCUT2D eigenvalue weighted by molar-refractivity contribution is 6.01. The summed E-state index contributed by atoms with van der Waals surface area (Å²) in [5.74, 6) is 0.152. The van der Waals surface area contributed by atoms with Crippen LogP contribution in [0.5, 0.6) is 11.5 Å². The van der Waals surface area contributed by atoms with Crippen molar-refractivity contribution < 1.29 is 23.0 Å². The van der Waals surface area contributed by atoms with Gasteiger partial charge in [0.05, 0.1) is 5.71 Å². The molecule has 0 saturated carbocycles. The van der Waals surface area contributed by atoms with Crippen molar-refractivity contribution in [3.05, 3.63) is 59.2 Å². The van der Waals surface area contributed by atoms with Crippen LogP contribution in [0, 0.1) is 13.8 Å². The van der Waals surface area contributed by atoms with E-state index in [1.165, 1.54) is 6.07 Å². The summed E-state index contributed by atoms with van der Waals surface area (Å²) in [7, 11) is 0. The maximum Gasteiger partial charge on any atom is 0.387 e. The number of nitrogens with one attached hydrogen (secondary N) is 1. The molecule has 2 rings (SSSR count). The van der Waals surface area contributed by atoms with E-state index in [0.717, 1.165) is 11.1 Å². The first-order valence-corrected chi connectivity index (χ1v) is 7.94. The molecule has 0 aliphatic carbocycles. The van der Waals surface area contributed by atoms with Crippen LogP contribution in [0.1, 0.15) is 23.6 Å². The summed E-state index contributed by atoms with van der Waals surface area (Å²) < 4.78 is 34.8. The maximum absolute atomic E-state index is 12.5. The number of aryl methyl sites for hydroxylation is 2. The lowest BCUT2D eigenvalue weighted by Gasteiger charge is -2.11. The Kier molecular flexibility index (Phi) is 6.66. The van der Waals surface area contributed by atoms with Crippen LogP contribution < -0.4 is 14.9 Å². The van der Waals surface area contributed by atoms with E-state index in [1.54, 1.807) is 25.1 Å². The van der Waals surface area contributed by atoms with Crippen molar-refractivity contribution in [2.75, 3.05) is 6.61 Å². The molecule has 0 saturated heterocycles. The molecule has 2 aromatic rings. The highest BCUT2D eigenvalue weighted by Gasteiger charge is 2.11. The molecule has 2 aromatic carbocycles. The molecule has 0 aromatic heterocycles. The van der Waals surface area contributed by atoms with Gasteiger partial charge in [-0.25, -0.2) is 5.43 Å². The molecule has 138 valence electrons. The van der Waals surface area contributed by atoms with Crippen molar-refractivity contribution >= 4 is 11.6 Å². The lowest BCUT2D eigenvalue weighted by Crippen LogP contribution is -2.26. The van der Waals surface area contributed by atoms with E-state index in [0.29, 0.717) is 17.0 Å². The number of amides is 1. The molecule has 26 heavy (non-hydrogen) atoms. The molecular weight excluding hydrogens is 342 g/mol. The molecule has 0 bridgehead atoms. The SMILES string of the molecule is C/C(=N/NC(=O)COc1cc(C)ccc1C)c1ccccc1OC(F)F. The van der Waals surface area contributed by atoms with Crippen molar-refractivity contribution in [1.29, 1.82) is 0 Å². The molecule has 0 fully saturated rings. The third kappa shape index (κ3) is 5.54. The number of halogens is 2. The normalized spacial score (nSPS) is 11.4. The van der Waals surface area contributed by atoms with Gasteiger partial charge in [-0.15, -0.1) is 0 Å². The molecule has 0 spiro atoms. The summed E-state index contributed by atoms with van der Waals surface area (Å²) in [5.41, 5.74) is 4.99. The fraction of sp³-hybridized carbons (Fsp3) is 0.263. The van der Waals surface area contributed by atoms with Crippen LogP contribution in [0.25, 0.3) is 0 Å². The maximum atomic E-state index is 12.5. The van der Waals surface area contributed by atoms with E-state index in [2.05, 4.69) is 15.3 Å². The van der Waals surface area contributed by atoms with Crippen molar-refractivity contribution in [2.45, 2.75) is 27.4 Å². The summed E-state index contributed by atoms with van der Waals surface area (Å²) in [6.45, 7) is 2.24. The molecule has 0 radical (unpaired) electrons. The fourth-order valence-electron chi connectivity index (χ4n) is 2.21. The third-order valence-electron chi connectivity index (χ3n) is 3.54. The first-order valence-electron chi connectivity index (χ1n) is 7.94. The first kappa shape index (κ1) is 19.4. The van der Waals surface area contributed by atoms with Crippen LogP contribution in [0.3, 0.4) is 0 Å². The molecule has 0 unspecified atom stereocenters. The molecule has 0 aliphatic rings. The van der Waals surface area contributed by atoms with Crippen molar-refractivity contribution in [1.82, 2.24) is 5.43 Å². The fourth-order valence-corrected chi connectivity index (χ4v) is 2.21. The van der Waals surface area contributed by atoms with Crippen LogP contribution in [0.2, 0.25) is 0 Å². The molecular formula is C19H20F2N2O3. The van der Waals surface area contributed by atoms with Gasteiger partial charge < -0.3 is 9.47 Å². The van der Waals surface area contributed by atoms with E-state index < -0.39 is 12.5 Å². The standard InChI is InChI=1S/C19H20F2N2O3/c1-12-8-9-13(2)17(10-12)25-11-18(24)23-22-14(3)15-6-4-5-7-16(15)26-19(20)21/h4-10,19H,11H2,1-3H3,(H,23,24)/b22-14-. The number of rotatable bonds is 7. The molecule has 0 atom stereocenters. The van der Waals surface area contributed by atoms with Gasteiger partial charge >= 0.3 is 6.61 Å². The number of ether oxygens (including phenoxy) is 2. The average Bonchev–Trinajstić information content (AvgIpc) is 2.60. The van der Waals surface area contributed by atoms with Gasteiger partial charge in [0.2, 0.25) is 0 Å². The molecule has 7 heteroatoms. The quantitative estimate of drug-likeness (QED) is 0.602. The lowest BCUT2D eigenvalue weighted by atomic mass is 10.1. The van der Waals surface area contributed by atoms with E-state index in [4.69, 9.17) is 4.74 Å². The molecule has 0 heterocycles. The number of carbonyl (C=O) groups is 1. The highest BCUT2D eigenvalue weighted by Crippen LogP contribution is 2.21. The summed E-state index contributed by atoms with van der Waals surface area (Å²) >= 11 is 0. The molecule has 0 aliphatic heterocycles. The van der Waals surface area contributed by atoms with Crippen LogP contribution in [0.15, 0.2) is 47.6 Å². The predicted molar refractivity (Wildman–Crippen MR) is 94.8 cm³/mol. The number of hydrogen-bond acceptors (Lipinski definition) is 4. The Balaban J connectivity index is 1.98. The van der Waals surface area contributed by atoms with Gasteiger partial charge in [0.1, 0.15) is 11.5 Å². The average molecular weight is 362 g/mol. The second-order valence-corrected chi connectivity index (χ2v) is 5.66. The van der Waals surface area contributed by atoms with E-state index >= 15 is 0 Å². The Hall–Kier alpha value is -2.96. The monoisotopic (exact) mass is 362 g/mol. The first-order chi connectivity index (χ1) is 12.4. The van der Waals surface area contributed by atoms with Crippen molar-refractivity contribution in [2.24, 2.45) is 5.10 Å². The number of nitrogens with zero attached hydrogens (tertiary/aromatic N) is 1. The van der Waals surface area contributed by atoms with Gasteiger partial charge in [-0.2, -0.15) is 13.9 Å². The minimum absolute atomic E-state index is 0.00960. The zero-order valence-corrected chi connectivity index (χ0v) is 14.8. The van der Waals surface area contributed by atoms with Gasteiger partial charge in [-0.3, -0.25) is 4.79 Å². The van der Waals surface area contributed by atoms with Gasteiger partial charge in [0, 0.05) is 5.56 Å². The van der Waals surface area contributed by atoms with Gasteiger partial charge in [0.15, 0.2) is 6.61 Å². The number of hydrogen-bond donors (Lipinski definition) is 1. The van der Waals surface area contributed by atoms with Crippen LogP contribution >= 0.6 is 0 Å². The Morgan fingerprint density at radius 2 is 1.88 bits per heavy atom. The minimum atomic E-state index is -2.94. The summed E-state index contributed by atoms with van der Waals surface area (Å²) in [6.07, 6.45) is 0. The van der Waals surface area contributed by atoms with Crippen LogP contribution in [-0.2, 0) is 4.79 Å². The van der Waals surface area contributed by atoms with Gasteiger partial charge in [0.25, 0.3) is 5.91 Å². The van der Waals surface area contributed by atoms with Crippen molar-refractivity contribution in [3.63, 3.8) is 0 Å². The summed E-state index contributed by atoms with van der Waals surface area (Å²) in [6, 6.07) is 11.9.